The molecule has 464 valence electrons. The van der Waals surface area contributed by atoms with Gasteiger partial charge in [-0.25, -0.2) is 4.79 Å². The number of nitrogens with zero attached hydrogens (tertiary/aromatic N) is 4. The van der Waals surface area contributed by atoms with Crippen molar-refractivity contribution < 1.29 is 58.1 Å². The van der Waals surface area contributed by atoms with Gasteiger partial charge in [-0.2, -0.15) is 15.4 Å². The number of carboxylic acids is 2. The summed E-state index contributed by atoms with van der Waals surface area (Å²) in [6, 6.07) is 25.5. The molecule has 1 aromatic heterocycles. The van der Waals surface area contributed by atoms with Crippen LogP contribution in [0, 0.1) is 23.2 Å². The Bertz CT molecular complexity index is 3360. The highest BCUT2D eigenvalue weighted by molar-refractivity contribution is 6.02. The van der Waals surface area contributed by atoms with Gasteiger partial charge in [0.25, 0.3) is 0 Å². The maximum Gasteiger partial charge on any atom is 0.331 e. The maximum atomic E-state index is 14.2. The summed E-state index contributed by atoms with van der Waals surface area (Å²) >= 11 is 0. The average molecular weight is 1190 g/mol. The average Bonchev–Trinajstić information content (AvgIpc) is 1.84. The summed E-state index contributed by atoms with van der Waals surface area (Å²) < 4.78 is 5.67. The minimum Gasteiger partial charge on any atom is -0.481 e. The van der Waals surface area contributed by atoms with E-state index in [9.17, 15) is 53.4 Å². The molecule has 0 radical (unpaired) electrons. The van der Waals surface area contributed by atoms with E-state index in [1.54, 1.807) is 75.3 Å². The number of nitrogens with one attached hydrogen (secondary N) is 4. The van der Waals surface area contributed by atoms with Crippen molar-refractivity contribution in [2.45, 2.75) is 157 Å². The number of carbonyl (C=O) groups excluding carboxylic acids is 7. The van der Waals surface area contributed by atoms with Gasteiger partial charge >= 0.3 is 17.9 Å². The molecular formula is C67H84N8O12. The highest BCUT2D eigenvalue weighted by Gasteiger charge is 2.42. The second-order valence-electron chi connectivity index (χ2n) is 24.8. The quantitative estimate of drug-likeness (QED) is 0.0203. The van der Waals surface area contributed by atoms with Gasteiger partial charge in [-0.15, -0.1) is 0 Å². The Morgan fingerprint density at radius 1 is 0.724 bits per heavy atom. The number of carboxylic acid groups (broad SMARTS) is 2. The molecule has 5 atom stereocenters. The van der Waals surface area contributed by atoms with Crippen LogP contribution in [-0.4, -0.2) is 122 Å². The number of H-pyrrole nitrogens is 1. The number of anilines is 1. The first-order chi connectivity index (χ1) is 41.0. The van der Waals surface area contributed by atoms with Crippen molar-refractivity contribution in [1.29, 1.82) is 0 Å². The topological polar surface area (TPSA) is 287 Å². The van der Waals surface area contributed by atoms with E-state index in [4.69, 9.17) is 4.74 Å². The lowest BCUT2D eigenvalue weighted by atomic mass is 9.76. The number of aromatic amines is 1. The second-order valence-corrected chi connectivity index (χ2v) is 24.8. The third-order valence-corrected chi connectivity index (χ3v) is 16.2. The molecule has 1 aliphatic heterocycles. The van der Waals surface area contributed by atoms with E-state index in [1.165, 1.54) is 11.8 Å². The number of likely N-dealkylation sites (N-methyl/N-ethyl adjacent to an activating group) is 2. The van der Waals surface area contributed by atoms with E-state index in [0.29, 0.717) is 39.3 Å². The molecule has 0 fully saturated rings. The summed E-state index contributed by atoms with van der Waals surface area (Å²) in [6.45, 7) is 18.3. The Balaban J connectivity index is 1.03. The summed E-state index contributed by atoms with van der Waals surface area (Å²) in [7, 11) is 3.26. The molecule has 0 bridgehead atoms. The smallest absolute Gasteiger partial charge is 0.331 e. The van der Waals surface area contributed by atoms with E-state index in [-0.39, 0.29) is 86.7 Å². The van der Waals surface area contributed by atoms with Crippen LogP contribution in [0.4, 0.5) is 5.69 Å². The first-order valence-corrected chi connectivity index (χ1v) is 29.5. The van der Waals surface area contributed by atoms with Crippen LogP contribution in [0.3, 0.4) is 0 Å². The number of rotatable bonds is 28. The first kappa shape index (κ1) is 67.5. The molecule has 0 unspecified atom stereocenters. The number of aliphatic carboxylic acids is 2. The van der Waals surface area contributed by atoms with Gasteiger partial charge in [-0.05, 0) is 71.5 Å². The SMILES string of the molecule is CN[C@H](C(=O)N[C@H](C(=O)N(C)[C@H](/C=C(\C)C(=O)O)C(C)C)C(C)(C)C)C(C)(C)c1cccc(CC(=O)OCc2ccc(CC(=O)[C@H](CCC(=O)O)NC(=O)[C@@H](CC(=O)CCC(=O)N3Cc4ccccc4-c4n[nH]nc4-c4ccccc43)C(C)C)cc2)c1. The van der Waals surface area contributed by atoms with Crippen LogP contribution in [-0.2, 0) is 79.3 Å². The highest BCUT2D eigenvalue weighted by Crippen LogP contribution is 2.40. The lowest BCUT2D eigenvalue weighted by Crippen LogP contribution is -2.61. The van der Waals surface area contributed by atoms with Crippen LogP contribution in [0.25, 0.3) is 22.5 Å². The van der Waals surface area contributed by atoms with Crippen LogP contribution in [0.5, 0.6) is 0 Å². The van der Waals surface area contributed by atoms with Crippen LogP contribution >= 0.6 is 0 Å². The van der Waals surface area contributed by atoms with Gasteiger partial charge in [-0.1, -0.05) is 159 Å². The minimum atomic E-state index is -1.17. The maximum absolute atomic E-state index is 14.2. The standard InChI is InChI=1S/C67H84N8O12/c1-39(2)50(36-47(76)28-30-55(78)75-37-45-19-13-14-21-48(45)58-59(72-73-71-58)49-22-15-16-23-52(49)75)62(82)69-51(29-31-56(79)80)54(77)34-42-24-26-43(27-25-42)38-87-57(81)35-44-18-17-20-46(33-44)67(9,10)60(68-11)63(83)70-61(66(6,7)8)64(84)74(12)53(40(3)4)32-41(5)65(85)86/h13-27,32-33,39-40,50-51,53,60-61,68H,28-31,34-38H2,1-12H3,(H,69,82)(H,70,83)(H,79,80)(H,85,86)(H,71,72,73)/b41-32+/t50-,51-,53+,60+,61+/m0/s1. The monoisotopic (exact) mass is 1190 g/mol. The summed E-state index contributed by atoms with van der Waals surface area (Å²) in [6.07, 6.45) is 0.263. The number of carbonyl (C=O) groups is 9. The van der Waals surface area contributed by atoms with Crippen LogP contribution < -0.4 is 20.9 Å². The number of para-hydroxylation sites is 1. The molecule has 4 aromatic carbocycles. The van der Waals surface area contributed by atoms with Crippen molar-refractivity contribution >= 4 is 58.8 Å². The van der Waals surface area contributed by atoms with Crippen LogP contribution in [0.2, 0.25) is 0 Å². The van der Waals surface area contributed by atoms with Crippen molar-refractivity contribution in [3.8, 4) is 22.5 Å². The van der Waals surface area contributed by atoms with Crippen molar-refractivity contribution in [3.63, 3.8) is 0 Å². The second kappa shape index (κ2) is 29.6. The Labute approximate surface area is 509 Å². The van der Waals surface area contributed by atoms with E-state index in [0.717, 1.165) is 16.7 Å². The van der Waals surface area contributed by atoms with E-state index < -0.39 is 82.8 Å². The zero-order valence-electron chi connectivity index (χ0n) is 52.0. The zero-order chi connectivity index (χ0) is 64.1. The number of esters is 1. The molecule has 20 heteroatoms. The van der Waals surface area contributed by atoms with Gasteiger partial charge in [-0.3, -0.25) is 38.4 Å². The van der Waals surface area contributed by atoms with Crippen molar-refractivity contribution in [1.82, 2.24) is 36.3 Å². The number of benzene rings is 4. The van der Waals surface area contributed by atoms with Crippen LogP contribution in [0.1, 0.15) is 129 Å². The van der Waals surface area contributed by atoms with Gasteiger partial charge in [0, 0.05) is 67.2 Å². The molecule has 1 aliphatic rings. The molecule has 0 saturated carbocycles. The molecule has 2 heterocycles. The van der Waals surface area contributed by atoms with Gasteiger partial charge in [0.1, 0.15) is 29.8 Å². The number of hydrogen-bond donors (Lipinski definition) is 6. The molecule has 6 rings (SSSR count). The zero-order valence-corrected chi connectivity index (χ0v) is 52.0. The first-order valence-electron chi connectivity index (χ1n) is 29.5. The van der Waals surface area contributed by atoms with Gasteiger partial charge < -0.3 is 40.7 Å². The number of ether oxygens (including phenoxy) is 1. The third kappa shape index (κ3) is 17.5. The molecule has 0 aliphatic carbocycles. The van der Waals surface area contributed by atoms with Gasteiger partial charge in [0.2, 0.25) is 23.6 Å². The van der Waals surface area contributed by atoms with Crippen molar-refractivity contribution in [3.05, 3.63) is 137 Å². The number of hydrogen-bond acceptors (Lipinski definition) is 13. The number of ketones is 2. The predicted molar refractivity (Wildman–Crippen MR) is 330 cm³/mol. The summed E-state index contributed by atoms with van der Waals surface area (Å²) in [5, 5.41) is 39.6. The van der Waals surface area contributed by atoms with Gasteiger partial charge in [0.05, 0.1) is 36.8 Å². The molecule has 5 aromatic rings. The normalized spacial score (nSPS) is 14.2. The predicted octanol–water partition coefficient (Wildman–Crippen LogP) is 8.35. The Morgan fingerprint density at radius 2 is 1.36 bits per heavy atom. The molecule has 4 amide bonds. The fourth-order valence-electron chi connectivity index (χ4n) is 10.9. The summed E-state index contributed by atoms with van der Waals surface area (Å²) in [4.78, 5) is 124. The van der Waals surface area contributed by atoms with Crippen molar-refractivity contribution in [2.75, 3.05) is 19.0 Å². The number of fused-ring (bicyclic) bond motifs is 5. The lowest BCUT2D eigenvalue weighted by molar-refractivity contribution is -0.144. The fourth-order valence-corrected chi connectivity index (χ4v) is 10.9. The van der Waals surface area contributed by atoms with E-state index in [2.05, 4.69) is 31.4 Å². The largest absolute Gasteiger partial charge is 0.481 e. The summed E-state index contributed by atoms with van der Waals surface area (Å²) in [5.74, 6) is -6.52. The van der Waals surface area contributed by atoms with E-state index >= 15 is 0 Å². The minimum absolute atomic E-state index is 0.0808. The number of aromatic nitrogens is 3. The molecule has 20 nitrogen and oxygen atoms in total. The Hall–Kier alpha value is -8.65. The molecule has 87 heavy (non-hydrogen) atoms. The molecular weight excluding hydrogens is 1110 g/mol. The third-order valence-electron chi connectivity index (χ3n) is 16.2. The van der Waals surface area contributed by atoms with E-state index in [1.807, 2.05) is 109 Å². The number of Topliss-reactive ketones (excluding diaryl/α,β-unsaturated/α-hetero) is 2. The van der Waals surface area contributed by atoms with Crippen molar-refractivity contribution in [2.24, 2.45) is 23.2 Å². The summed E-state index contributed by atoms with van der Waals surface area (Å²) in [5.41, 5.74) is 5.34. The van der Waals surface area contributed by atoms with Gasteiger partial charge in [0.15, 0.2) is 5.78 Å². The Kier molecular flexibility index (Phi) is 23.0. The molecule has 0 saturated heterocycles. The highest BCUT2D eigenvalue weighted by atomic mass is 16.5. The molecule has 6 N–H and O–H groups in total. The van der Waals surface area contributed by atoms with Crippen LogP contribution in [0.15, 0.2) is 109 Å². The fraction of sp³-hybridized carbons (Fsp3) is 0.448. The Morgan fingerprint density at radius 3 is 1.98 bits per heavy atom. The molecule has 0 spiro atoms. The lowest BCUT2D eigenvalue weighted by Gasteiger charge is -2.40. The number of amides is 4.